The molecule has 0 saturated heterocycles. The highest BCUT2D eigenvalue weighted by atomic mass is 32.1. The number of ether oxygens (including phenoxy) is 2. The molecule has 0 spiro atoms. The first-order chi connectivity index (χ1) is 13.6. The Hall–Kier alpha value is -2.49. The first kappa shape index (κ1) is 20.2. The fourth-order valence-electron chi connectivity index (χ4n) is 2.39. The van der Waals surface area contributed by atoms with Gasteiger partial charge in [-0.15, -0.1) is 22.7 Å². The molecule has 146 valence electrons. The SMILES string of the molecule is CCOC(=O)c1c(-c2cccs2)csc1NC(=O)COC(=O)Cc1ccsc1. The van der Waals surface area contributed by atoms with Crippen molar-refractivity contribution in [2.24, 2.45) is 0 Å². The summed E-state index contributed by atoms with van der Waals surface area (Å²) in [5, 5.41) is 10.5. The van der Waals surface area contributed by atoms with Crippen LogP contribution in [-0.4, -0.2) is 31.1 Å². The molecule has 0 aromatic carbocycles. The van der Waals surface area contributed by atoms with Crippen molar-refractivity contribution in [3.8, 4) is 10.4 Å². The minimum Gasteiger partial charge on any atom is -0.462 e. The van der Waals surface area contributed by atoms with Crippen molar-refractivity contribution in [3.05, 3.63) is 50.8 Å². The maximum atomic E-state index is 12.4. The summed E-state index contributed by atoms with van der Waals surface area (Å²) in [4.78, 5) is 37.4. The maximum absolute atomic E-state index is 12.4. The van der Waals surface area contributed by atoms with Crippen LogP contribution < -0.4 is 5.32 Å². The second-order valence-electron chi connectivity index (χ2n) is 5.57. The van der Waals surface area contributed by atoms with Gasteiger partial charge in [0.25, 0.3) is 5.91 Å². The predicted octanol–water partition coefficient (Wildman–Crippen LogP) is 4.44. The molecule has 0 unspecified atom stereocenters. The zero-order valence-electron chi connectivity index (χ0n) is 14.9. The number of carbonyl (C=O) groups excluding carboxylic acids is 3. The monoisotopic (exact) mass is 435 g/mol. The van der Waals surface area contributed by atoms with Crippen molar-refractivity contribution in [2.75, 3.05) is 18.5 Å². The molecule has 9 heteroatoms. The van der Waals surface area contributed by atoms with Crippen molar-refractivity contribution in [2.45, 2.75) is 13.3 Å². The average molecular weight is 436 g/mol. The van der Waals surface area contributed by atoms with Gasteiger partial charge in [-0.3, -0.25) is 9.59 Å². The Kier molecular flexibility index (Phi) is 6.96. The third kappa shape index (κ3) is 5.06. The number of hydrogen-bond donors (Lipinski definition) is 1. The molecular weight excluding hydrogens is 418 g/mol. The lowest BCUT2D eigenvalue weighted by molar-refractivity contribution is -0.146. The molecule has 1 amide bonds. The van der Waals surface area contributed by atoms with E-state index in [1.807, 2.05) is 34.3 Å². The van der Waals surface area contributed by atoms with Crippen LogP contribution in [0.2, 0.25) is 0 Å². The zero-order valence-corrected chi connectivity index (χ0v) is 17.4. The van der Waals surface area contributed by atoms with Gasteiger partial charge in [-0.2, -0.15) is 11.3 Å². The van der Waals surface area contributed by atoms with Crippen LogP contribution in [0.4, 0.5) is 5.00 Å². The van der Waals surface area contributed by atoms with Gasteiger partial charge in [0.05, 0.1) is 13.0 Å². The summed E-state index contributed by atoms with van der Waals surface area (Å²) < 4.78 is 10.2. The van der Waals surface area contributed by atoms with Gasteiger partial charge in [0.1, 0.15) is 10.6 Å². The molecule has 0 aliphatic carbocycles. The van der Waals surface area contributed by atoms with E-state index in [2.05, 4.69) is 5.32 Å². The van der Waals surface area contributed by atoms with Crippen molar-refractivity contribution in [1.82, 2.24) is 0 Å². The maximum Gasteiger partial charge on any atom is 0.341 e. The van der Waals surface area contributed by atoms with E-state index in [1.165, 1.54) is 34.0 Å². The molecule has 0 aliphatic rings. The van der Waals surface area contributed by atoms with Gasteiger partial charge < -0.3 is 14.8 Å². The van der Waals surface area contributed by atoms with E-state index >= 15 is 0 Å². The predicted molar refractivity (Wildman–Crippen MR) is 111 cm³/mol. The van der Waals surface area contributed by atoms with Gasteiger partial charge in [-0.1, -0.05) is 6.07 Å². The Morgan fingerprint density at radius 2 is 1.93 bits per heavy atom. The molecule has 0 fully saturated rings. The average Bonchev–Trinajstić information content (AvgIpc) is 3.41. The van der Waals surface area contributed by atoms with Crippen LogP contribution in [0.25, 0.3) is 10.4 Å². The highest BCUT2D eigenvalue weighted by molar-refractivity contribution is 7.17. The van der Waals surface area contributed by atoms with E-state index in [0.29, 0.717) is 16.1 Å². The number of thiophene rings is 3. The van der Waals surface area contributed by atoms with E-state index < -0.39 is 24.5 Å². The highest BCUT2D eigenvalue weighted by Gasteiger charge is 2.23. The molecule has 0 aliphatic heterocycles. The summed E-state index contributed by atoms with van der Waals surface area (Å²) in [6.45, 7) is 1.53. The minimum absolute atomic E-state index is 0.117. The van der Waals surface area contributed by atoms with Crippen LogP contribution in [0.5, 0.6) is 0 Å². The molecule has 0 atom stereocenters. The third-order valence-corrected chi connectivity index (χ3v) is 6.13. The molecule has 3 rings (SSSR count). The Bertz CT molecular complexity index is 945. The third-order valence-electron chi connectivity index (χ3n) is 3.60. The lowest BCUT2D eigenvalue weighted by atomic mass is 10.1. The van der Waals surface area contributed by atoms with Crippen molar-refractivity contribution >= 4 is 56.9 Å². The summed E-state index contributed by atoms with van der Waals surface area (Å²) in [5.41, 5.74) is 1.87. The number of rotatable bonds is 8. The number of anilines is 1. The molecule has 3 heterocycles. The largest absolute Gasteiger partial charge is 0.462 e. The Labute approximate surface area is 173 Å². The van der Waals surface area contributed by atoms with Crippen LogP contribution in [0, 0.1) is 0 Å². The molecule has 1 N–H and O–H groups in total. The van der Waals surface area contributed by atoms with Gasteiger partial charge in [-0.05, 0) is 40.8 Å². The summed E-state index contributed by atoms with van der Waals surface area (Å²) in [7, 11) is 0. The summed E-state index contributed by atoms with van der Waals surface area (Å²) in [6.07, 6.45) is 0.117. The van der Waals surface area contributed by atoms with Crippen LogP contribution in [0.1, 0.15) is 22.8 Å². The topological polar surface area (TPSA) is 81.7 Å². The van der Waals surface area contributed by atoms with Gasteiger partial charge in [0.15, 0.2) is 6.61 Å². The molecule has 3 aromatic heterocycles. The summed E-state index contributed by atoms with van der Waals surface area (Å²) in [6, 6.07) is 5.61. The molecule has 28 heavy (non-hydrogen) atoms. The highest BCUT2D eigenvalue weighted by Crippen LogP contribution is 2.38. The van der Waals surface area contributed by atoms with Crippen molar-refractivity contribution < 1.29 is 23.9 Å². The first-order valence-corrected chi connectivity index (χ1v) is 11.1. The van der Waals surface area contributed by atoms with Gasteiger partial charge in [0, 0.05) is 15.8 Å². The van der Waals surface area contributed by atoms with Crippen molar-refractivity contribution in [3.63, 3.8) is 0 Å². The quantitative estimate of drug-likeness (QED) is 0.529. The lowest BCUT2D eigenvalue weighted by Crippen LogP contribution is -2.22. The molecule has 3 aromatic rings. The number of amides is 1. The molecule has 0 saturated carbocycles. The smallest absolute Gasteiger partial charge is 0.341 e. The Morgan fingerprint density at radius 3 is 2.61 bits per heavy atom. The number of hydrogen-bond acceptors (Lipinski definition) is 8. The lowest BCUT2D eigenvalue weighted by Gasteiger charge is -2.08. The van der Waals surface area contributed by atoms with E-state index in [0.717, 1.165) is 10.4 Å². The summed E-state index contributed by atoms with van der Waals surface area (Å²) >= 11 is 4.21. The van der Waals surface area contributed by atoms with E-state index in [9.17, 15) is 14.4 Å². The van der Waals surface area contributed by atoms with Crippen molar-refractivity contribution in [1.29, 1.82) is 0 Å². The molecule has 6 nitrogen and oxygen atoms in total. The molecular formula is C19H17NO5S3. The van der Waals surface area contributed by atoms with Crippen LogP contribution in [0.3, 0.4) is 0 Å². The van der Waals surface area contributed by atoms with E-state index in [1.54, 1.807) is 12.3 Å². The summed E-state index contributed by atoms with van der Waals surface area (Å²) in [5.74, 6) is -1.50. The second kappa shape index (κ2) is 9.63. The molecule has 0 bridgehead atoms. The van der Waals surface area contributed by atoms with Gasteiger partial charge in [0.2, 0.25) is 0 Å². The Morgan fingerprint density at radius 1 is 1.07 bits per heavy atom. The number of carbonyl (C=O) groups is 3. The standard InChI is InChI=1S/C19H17NO5S3/c1-2-24-19(23)17-13(14-4-3-6-27-14)11-28-18(17)20-15(21)9-25-16(22)8-12-5-7-26-10-12/h3-7,10-11H,2,8-9H2,1H3,(H,20,21). The minimum atomic E-state index is -0.510. The van der Waals surface area contributed by atoms with Crippen LogP contribution in [0.15, 0.2) is 39.7 Å². The fraction of sp³-hybridized carbons (Fsp3) is 0.211. The first-order valence-electron chi connectivity index (χ1n) is 8.37. The number of nitrogens with one attached hydrogen (secondary N) is 1. The van der Waals surface area contributed by atoms with Gasteiger partial charge >= 0.3 is 11.9 Å². The molecule has 0 radical (unpaired) electrons. The van der Waals surface area contributed by atoms with Gasteiger partial charge in [-0.25, -0.2) is 4.79 Å². The second-order valence-corrected chi connectivity index (χ2v) is 8.18. The van der Waals surface area contributed by atoms with E-state index in [4.69, 9.17) is 9.47 Å². The van der Waals surface area contributed by atoms with E-state index in [-0.39, 0.29) is 13.0 Å². The fourth-order valence-corrected chi connectivity index (χ4v) is 4.85. The normalized spacial score (nSPS) is 10.5. The zero-order chi connectivity index (χ0) is 19.9. The Balaban J connectivity index is 1.66. The van der Waals surface area contributed by atoms with Crippen LogP contribution >= 0.6 is 34.0 Å². The number of esters is 2. The van der Waals surface area contributed by atoms with Crippen LogP contribution in [-0.2, 0) is 25.5 Å².